The lowest BCUT2D eigenvalue weighted by atomic mass is 10.2. The summed E-state index contributed by atoms with van der Waals surface area (Å²) in [6, 6.07) is 9.89. The average Bonchev–Trinajstić information content (AvgIpc) is 2.98. The molecule has 3 rings (SSSR count). The molecule has 0 aliphatic rings. The molecule has 0 saturated carbocycles. The van der Waals surface area contributed by atoms with Crippen LogP contribution in [0.4, 0.5) is 23.2 Å². The largest absolute Gasteiger partial charge is 0.471 e. The van der Waals surface area contributed by atoms with E-state index in [9.17, 15) is 22.4 Å². The van der Waals surface area contributed by atoms with Gasteiger partial charge in [0.25, 0.3) is 0 Å². The second kappa shape index (κ2) is 6.19. The zero-order valence-electron chi connectivity index (χ0n) is 13.0. The van der Waals surface area contributed by atoms with Gasteiger partial charge in [0.2, 0.25) is 5.89 Å². The van der Waals surface area contributed by atoms with Crippen molar-refractivity contribution in [1.29, 1.82) is 0 Å². The Bertz CT molecular complexity index is 934. The highest BCUT2D eigenvalue weighted by atomic mass is 19.4. The number of nitrogens with zero attached hydrogens (tertiary/aromatic N) is 2. The number of hydrogen-bond donors (Lipinski definition) is 0. The Balaban J connectivity index is 2.03. The van der Waals surface area contributed by atoms with Crippen LogP contribution in [0.1, 0.15) is 6.92 Å². The normalized spacial score (nSPS) is 11.7. The van der Waals surface area contributed by atoms with E-state index in [-0.39, 0.29) is 29.3 Å². The number of benzene rings is 2. The summed E-state index contributed by atoms with van der Waals surface area (Å²) in [4.78, 5) is 16.2. The molecule has 8 heteroatoms. The zero-order chi connectivity index (χ0) is 18.2. The second-order valence-corrected chi connectivity index (χ2v) is 5.20. The molecule has 1 amide bonds. The van der Waals surface area contributed by atoms with Gasteiger partial charge < -0.3 is 9.32 Å². The second-order valence-electron chi connectivity index (χ2n) is 5.20. The van der Waals surface area contributed by atoms with Crippen molar-refractivity contribution >= 4 is 22.7 Å². The average molecular weight is 352 g/mol. The van der Waals surface area contributed by atoms with E-state index >= 15 is 0 Å². The lowest BCUT2D eigenvalue weighted by Crippen LogP contribution is -2.41. The highest BCUT2D eigenvalue weighted by Crippen LogP contribution is 2.30. The Morgan fingerprint density at radius 3 is 2.56 bits per heavy atom. The molecule has 1 heterocycles. The molecule has 0 atom stereocenters. The van der Waals surface area contributed by atoms with Gasteiger partial charge in [-0.15, -0.1) is 0 Å². The number of hydrogen-bond acceptors (Lipinski definition) is 3. The van der Waals surface area contributed by atoms with E-state index in [1.54, 1.807) is 6.07 Å². The monoisotopic (exact) mass is 352 g/mol. The Kier molecular flexibility index (Phi) is 4.20. The first-order valence-electron chi connectivity index (χ1n) is 7.35. The van der Waals surface area contributed by atoms with Gasteiger partial charge in [-0.25, -0.2) is 9.37 Å². The molecule has 1 aromatic heterocycles. The van der Waals surface area contributed by atoms with Crippen LogP contribution in [-0.4, -0.2) is 23.6 Å². The molecular formula is C17H12F4N2O2. The minimum atomic E-state index is -4.98. The number of oxazole rings is 1. The van der Waals surface area contributed by atoms with E-state index in [1.807, 2.05) is 0 Å². The van der Waals surface area contributed by atoms with E-state index in [2.05, 4.69) is 4.98 Å². The number of carbonyl (C=O) groups is 1. The van der Waals surface area contributed by atoms with Crippen molar-refractivity contribution in [1.82, 2.24) is 4.98 Å². The molecule has 25 heavy (non-hydrogen) atoms. The lowest BCUT2D eigenvalue weighted by molar-refractivity contribution is -0.170. The van der Waals surface area contributed by atoms with E-state index in [0.29, 0.717) is 10.4 Å². The van der Waals surface area contributed by atoms with E-state index in [1.165, 1.54) is 43.3 Å². The first kappa shape index (κ1) is 16.9. The maximum absolute atomic E-state index is 13.8. The third-order valence-corrected chi connectivity index (χ3v) is 3.59. The number of carbonyl (C=O) groups excluding carboxylic acids is 1. The molecule has 0 radical (unpaired) electrons. The summed E-state index contributed by atoms with van der Waals surface area (Å²) in [5.74, 6) is -2.49. The Morgan fingerprint density at radius 2 is 1.92 bits per heavy atom. The highest BCUT2D eigenvalue weighted by molar-refractivity contribution is 5.98. The molecule has 4 nitrogen and oxygen atoms in total. The van der Waals surface area contributed by atoms with Crippen LogP contribution in [0.2, 0.25) is 0 Å². The topological polar surface area (TPSA) is 46.3 Å². The van der Waals surface area contributed by atoms with E-state index in [4.69, 9.17) is 4.42 Å². The lowest BCUT2D eigenvalue weighted by Gasteiger charge is -2.21. The summed E-state index contributed by atoms with van der Waals surface area (Å²) in [6.45, 7) is 1.26. The Labute approximate surface area is 139 Å². The van der Waals surface area contributed by atoms with Crippen molar-refractivity contribution in [2.45, 2.75) is 13.1 Å². The fourth-order valence-corrected chi connectivity index (χ4v) is 2.43. The van der Waals surface area contributed by atoms with Crippen molar-refractivity contribution in [3.8, 4) is 11.5 Å². The number of anilines is 1. The number of rotatable bonds is 3. The minimum Gasteiger partial charge on any atom is -0.436 e. The minimum absolute atomic E-state index is 0.00967. The molecule has 130 valence electrons. The van der Waals surface area contributed by atoms with Crippen LogP contribution >= 0.6 is 0 Å². The van der Waals surface area contributed by atoms with Crippen LogP contribution in [-0.2, 0) is 4.79 Å². The summed E-state index contributed by atoms with van der Waals surface area (Å²) in [6.07, 6.45) is -4.98. The summed E-state index contributed by atoms with van der Waals surface area (Å²) >= 11 is 0. The van der Waals surface area contributed by atoms with Crippen LogP contribution in [0.15, 0.2) is 46.9 Å². The number of fused-ring (bicyclic) bond motifs is 1. The number of amides is 1. The SMILES string of the molecule is CCN(C(=O)C(F)(F)F)c1ccc2nc(-c3ccccc3F)oc2c1. The molecule has 0 spiro atoms. The summed E-state index contributed by atoms with van der Waals surface area (Å²) in [5.41, 5.74) is 0.661. The summed E-state index contributed by atoms with van der Waals surface area (Å²) < 4.78 is 57.4. The van der Waals surface area contributed by atoms with Gasteiger partial charge >= 0.3 is 12.1 Å². The first-order valence-corrected chi connectivity index (χ1v) is 7.35. The predicted molar refractivity (Wildman–Crippen MR) is 83.5 cm³/mol. The van der Waals surface area contributed by atoms with Gasteiger partial charge in [0.05, 0.1) is 5.56 Å². The zero-order valence-corrected chi connectivity index (χ0v) is 13.0. The van der Waals surface area contributed by atoms with Gasteiger partial charge in [0, 0.05) is 18.3 Å². The molecular weight excluding hydrogens is 340 g/mol. The fourth-order valence-electron chi connectivity index (χ4n) is 2.43. The number of aromatic nitrogens is 1. The summed E-state index contributed by atoms with van der Waals surface area (Å²) in [5, 5.41) is 0. The van der Waals surface area contributed by atoms with Crippen LogP contribution in [0.5, 0.6) is 0 Å². The van der Waals surface area contributed by atoms with Gasteiger partial charge in [0.15, 0.2) is 5.58 Å². The molecule has 0 aliphatic carbocycles. The van der Waals surface area contributed by atoms with Crippen LogP contribution in [0.25, 0.3) is 22.6 Å². The molecule has 0 unspecified atom stereocenters. The smallest absolute Gasteiger partial charge is 0.436 e. The van der Waals surface area contributed by atoms with Gasteiger partial charge in [-0.2, -0.15) is 13.2 Å². The maximum Gasteiger partial charge on any atom is 0.471 e. The van der Waals surface area contributed by atoms with Crippen molar-refractivity contribution in [3.05, 3.63) is 48.3 Å². The van der Waals surface area contributed by atoms with Crippen molar-refractivity contribution < 1.29 is 26.8 Å². The van der Waals surface area contributed by atoms with Crippen LogP contribution in [0.3, 0.4) is 0 Å². The standard InChI is InChI=1S/C17H12F4N2O2/c1-2-23(16(24)17(19,20)21)10-7-8-13-14(9-10)25-15(22-13)11-5-3-4-6-12(11)18/h3-9H,2H2,1H3. The first-order chi connectivity index (χ1) is 11.8. The van der Waals surface area contributed by atoms with Crippen molar-refractivity contribution in [2.75, 3.05) is 11.4 Å². The van der Waals surface area contributed by atoms with Gasteiger partial charge in [-0.05, 0) is 31.2 Å². The Morgan fingerprint density at radius 1 is 1.20 bits per heavy atom. The predicted octanol–water partition coefficient (Wildman–Crippen LogP) is 4.55. The fraction of sp³-hybridized carbons (Fsp3) is 0.176. The molecule has 0 saturated heterocycles. The Hall–Kier alpha value is -2.90. The maximum atomic E-state index is 13.8. The molecule has 0 N–H and O–H groups in total. The van der Waals surface area contributed by atoms with E-state index in [0.717, 1.165) is 0 Å². The quantitative estimate of drug-likeness (QED) is 0.650. The van der Waals surface area contributed by atoms with Crippen LogP contribution < -0.4 is 4.90 Å². The molecule has 0 aliphatic heterocycles. The molecule has 0 fully saturated rings. The van der Waals surface area contributed by atoms with Crippen LogP contribution in [0, 0.1) is 5.82 Å². The highest BCUT2D eigenvalue weighted by Gasteiger charge is 2.42. The number of halogens is 4. The third-order valence-electron chi connectivity index (χ3n) is 3.59. The van der Waals surface area contributed by atoms with Gasteiger partial charge in [-0.3, -0.25) is 4.79 Å². The molecule has 0 bridgehead atoms. The summed E-state index contributed by atoms with van der Waals surface area (Å²) in [7, 11) is 0. The van der Waals surface area contributed by atoms with Crippen molar-refractivity contribution in [3.63, 3.8) is 0 Å². The van der Waals surface area contributed by atoms with Crippen molar-refractivity contribution in [2.24, 2.45) is 0 Å². The molecule has 3 aromatic rings. The van der Waals surface area contributed by atoms with E-state index < -0.39 is 17.9 Å². The number of alkyl halides is 3. The van der Waals surface area contributed by atoms with Gasteiger partial charge in [0.1, 0.15) is 11.3 Å². The van der Waals surface area contributed by atoms with Gasteiger partial charge in [-0.1, -0.05) is 12.1 Å². The molecule has 2 aromatic carbocycles. The third kappa shape index (κ3) is 3.19.